The number of carbonyl (C=O) groups excluding carboxylic acids is 3. The summed E-state index contributed by atoms with van der Waals surface area (Å²) in [7, 11) is 0. The second-order valence-corrected chi connectivity index (χ2v) is 10.3. The molecular weight excluding hydrogens is 368 g/mol. The molecule has 5 aliphatic carbocycles. The maximum atomic E-state index is 12.9. The van der Waals surface area contributed by atoms with Crippen LogP contribution in [-0.4, -0.2) is 37.0 Å². The Morgan fingerprint density at radius 3 is 2.10 bits per heavy atom. The molecule has 0 aromatic rings. The molecule has 2 N–H and O–H groups in total. The second kappa shape index (κ2) is 8.65. The van der Waals surface area contributed by atoms with Crippen molar-refractivity contribution >= 4 is 17.8 Å². The Morgan fingerprint density at radius 2 is 1.52 bits per heavy atom. The van der Waals surface area contributed by atoms with Crippen LogP contribution in [0.2, 0.25) is 0 Å². The van der Waals surface area contributed by atoms with Crippen molar-refractivity contribution in [1.29, 1.82) is 0 Å². The maximum Gasteiger partial charge on any atom is 0.326 e. The molecular formula is C23H36N2O4. The third kappa shape index (κ3) is 4.77. The van der Waals surface area contributed by atoms with Crippen LogP contribution in [0.5, 0.6) is 0 Å². The van der Waals surface area contributed by atoms with Crippen LogP contribution in [0.4, 0.5) is 0 Å². The van der Waals surface area contributed by atoms with Gasteiger partial charge in [-0.15, -0.1) is 0 Å². The van der Waals surface area contributed by atoms with Gasteiger partial charge >= 0.3 is 5.97 Å². The molecule has 2 amide bonds. The molecule has 0 saturated heterocycles. The van der Waals surface area contributed by atoms with Crippen molar-refractivity contribution in [3.63, 3.8) is 0 Å². The molecule has 5 rings (SSSR count). The summed E-state index contributed by atoms with van der Waals surface area (Å²) in [4.78, 5) is 37.3. The number of carbonyl (C=O) groups is 3. The van der Waals surface area contributed by atoms with Crippen LogP contribution in [0.15, 0.2) is 0 Å². The van der Waals surface area contributed by atoms with Crippen LogP contribution in [-0.2, 0) is 19.1 Å². The number of hydrogen-bond acceptors (Lipinski definition) is 4. The lowest BCUT2D eigenvalue weighted by Gasteiger charge is -2.55. The average Bonchev–Trinajstić information content (AvgIpc) is 2.70. The summed E-state index contributed by atoms with van der Waals surface area (Å²) in [5.41, 5.74) is -0.266. The van der Waals surface area contributed by atoms with Crippen LogP contribution in [0.25, 0.3) is 0 Å². The quantitative estimate of drug-likeness (QED) is 0.639. The molecule has 5 fully saturated rings. The zero-order chi connectivity index (χ0) is 20.4. The third-order valence-electron chi connectivity index (χ3n) is 7.88. The van der Waals surface area contributed by atoms with Crippen molar-refractivity contribution in [2.45, 2.75) is 83.7 Å². The molecule has 0 aromatic heterocycles. The lowest BCUT2D eigenvalue weighted by atomic mass is 9.49. The highest BCUT2D eigenvalue weighted by Gasteiger charge is 2.54. The van der Waals surface area contributed by atoms with E-state index in [2.05, 4.69) is 10.6 Å². The van der Waals surface area contributed by atoms with E-state index in [-0.39, 0.29) is 23.8 Å². The highest BCUT2D eigenvalue weighted by molar-refractivity contribution is 5.88. The highest BCUT2D eigenvalue weighted by atomic mass is 16.5. The van der Waals surface area contributed by atoms with Gasteiger partial charge in [-0.25, -0.2) is 0 Å². The fraction of sp³-hybridized carbons (Fsp3) is 0.870. The SMILES string of the molecule is C[C@@H](OC(=O)CNC(=O)C12CC3CC(CC(C3)C1)C2)C(=O)NCC1CCCCC1. The number of hydrogen-bond donors (Lipinski definition) is 2. The summed E-state index contributed by atoms with van der Waals surface area (Å²) in [6, 6.07) is 0. The average molecular weight is 405 g/mol. The van der Waals surface area contributed by atoms with Gasteiger partial charge in [0.05, 0.1) is 0 Å². The molecule has 0 radical (unpaired) electrons. The fourth-order valence-electron chi connectivity index (χ4n) is 6.80. The van der Waals surface area contributed by atoms with Gasteiger partial charge in [0.25, 0.3) is 5.91 Å². The van der Waals surface area contributed by atoms with E-state index in [0.717, 1.165) is 32.1 Å². The minimum atomic E-state index is -0.831. The molecule has 29 heavy (non-hydrogen) atoms. The summed E-state index contributed by atoms with van der Waals surface area (Å²) in [5, 5.41) is 5.73. The molecule has 0 spiro atoms. The van der Waals surface area contributed by atoms with Crippen molar-refractivity contribution in [2.75, 3.05) is 13.1 Å². The lowest BCUT2D eigenvalue weighted by Crippen LogP contribution is -2.54. The second-order valence-electron chi connectivity index (χ2n) is 10.3. The van der Waals surface area contributed by atoms with Crippen molar-refractivity contribution in [3.8, 4) is 0 Å². The first kappa shape index (κ1) is 20.7. The van der Waals surface area contributed by atoms with Crippen LogP contribution in [0.3, 0.4) is 0 Å². The monoisotopic (exact) mass is 404 g/mol. The van der Waals surface area contributed by atoms with E-state index in [1.54, 1.807) is 6.92 Å². The van der Waals surface area contributed by atoms with Crippen molar-refractivity contribution in [2.24, 2.45) is 29.1 Å². The van der Waals surface area contributed by atoms with Crippen molar-refractivity contribution < 1.29 is 19.1 Å². The minimum absolute atomic E-state index is 0.0166. The van der Waals surface area contributed by atoms with Gasteiger partial charge in [0.1, 0.15) is 6.54 Å². The number of nitrogens with one attached hydrogen (secondary N) is 2. The van der Waals surface area contributed by atoms with E-state index >= 15 is 0 Å². The van der Waals surface area contributed by atoms with Gasteiger partial charge < -0.3 is 15.4 Å². The van der Waals surface area contributed by atoms with Gasteiger partial charge in [0.15, 0.2) is 6.10 Å². The number of rotatable bonds is 7. The molecule has 0 aliphatic heterocycles. The lowest BCUT2D eigenvalue weighted by molar-refractivity contribution is -0.156. The Bertz CT molecular complexity index is 606. The summed E-state index contributed by atoms with van der Waals surface area (Å²) >= 11 is 0. The maximum absolute atomic E-state index is 12.9. The molecule has 0 heterocycles. The van der Waals surface area contributed by atoms with E-state index < -0.39 is 12.1 Å². The van der Waals surface area contributed by atoms with Gasteiger partial charge in [-0.3, -0.25) is 14.4 Å². The van der Waals surface area contributed by atoms with Gasteiger partial charge in [-0.05, 0) is 82.0 Å². The van der Waals surface area contributed by atoms with E-state index in [4.69, 9.17) is 4.74 Å². The first-order valence-corrected chi connectivity index (χ1v) is 11.7. The molecule has 4 bridgehead atoms. The van der Waals surface area contributed by atoms with Gasteiger partial charge in [-0.1, -0.05) is 19.3 Å². The first-order chi connectivity index (χ1) is 13.9. The van der Waals surface area contributed by atoms with E-state index in [1.807, 2.05) is 0 Å². The predicted molar refractivity (Wildman–Crippen MR) is 109 cm³/mol. The van der Waals surface area contributed by atoms with Crippen molar-refractivity contribution in [1.82, 2.24) is 10.6 Å². The third-order valence-corrected chi connectivity index (χ3v) is 7.88. The predicted octanol–water partition coefficient (Wildman–Crippen LogP) is 2.95. The molecule has 6 heteroatoms. The van der Waals surface area contributed by atoms with Crippen LogP contribution < -0.4 is 10.6 Å². The largest absolute Gasteiger partial charge is 0.451 e. The first-order valence-electron chi connectivity index (χ1n) is 11.7. The fourth-order valence-corrected chi connectivity index (χ4v) is 6.80. The van der Waals surface area contributed by atoms with E-state index in [9.17, 15) is 14.4 Å². The molecule has 6 nitrogen and oxygen atoms in total. The summed E-state index contributed by atoms with van der Waals surface area (Å²) in [5.74, 6) is 1.82. The smallest absolute Gasteiger partial charge is 0.326 e. The Hall–Kier alpha value is -1.59. The van der Waals surface area contributed by atoms with Gasteiger partial charge in [0, 0.05) is 12.0 Å². The molecule has 1 atom stereocenters. The molecule has 5 saturated carbocycles. The summed E-state index contributed by atoms with van der Waals surface area (Å²) < 4.78 is 5.26. The zero-order valence-corrected chi connectivity index (χ0v) is 17.7. The summed E-state index contributed by atoms with van der Waals surface area (Å²) in [6.07, 6.45) is 12.0. The topological polar surface area (TPSA) is 84.5 Å². The molecule has 5 aliphatic rings. The van der Waals surface area contributed by atoms with Crippen molar-refractivity contribution in [3.05, 3.63) is 0 Å². The van der Waals surface area contributed by atoms with Gasteiger partial charge in [0.2, 0.25) is 5.91 Å². The van der Waals surface area contributed by atoms with E-state index in [0.29, 0.717) is 30.2 Å². The highest BCUT2D eigenvalue weighted by Crippen LogP contribution is 2.60. The van der Waals surface area contributed by atoms with Crippen LogP contribution in [0.1, 0.15) is 77.6 Å². The molecule has 162 valence electrons. The number of ether oxygens (including phenoxy) is 1. The number of amides is 2. The van der Waals surface area contributed by atoms with Crippen LogP contribution in [0, 0.1) is 29.1 Å². The minimum Gasteiger partial charge on any atom is -0.451 e. The standard InChI is InChI=1S/C23H36N2O4/c1-15(21(27)24-13-16-5-3-2-4-6-16)29-20(26)14-25-22(28)23-10-17-7-18(11-23)9-19(8-17)12-23/h15-19H,2-14H2,1H3,(H,24,27)(H,25,28)/t15-,17?,18?,19?,23?/m1/s1. The Kier molecular flexibility index (Phi) is 6.16. The molecule has 0 unspecified atom stereocenters. The van der Waals surface area contributed by atoms with E-state index in [1.165, 1.54) is 38.5 Å². The normalized spacial score (nSPS) is 34.4. The number of esters is 1. The van der Waals surface area contributed by atoms with Crippen LogP contribution >= 0.6 is 0 Å². The summed E-state index contributed by atoms with van der Waals surface area (Å²) in [6.45, 7) is 2.10. The van der Waals surface area contributed by atoms with Gasteiger partial charge in [-0.2, -0.15) is 0 Å². The Labute approximate surface area is 173 Å². The Morgan fingerprint density at radius 1 is 0.931 bits per heavy atom. The Balaban J connectivity index is 1.18. The molecule has 0 aromatic carbocycles. The zero-order valence-electron chi connectivity index (χ0n) is 17.7.